The predicted octanol–water partition coefficient (Wildman–Crippen LogP) is 2.88. The van der Waals surface area contributed by atoms with E-state index in [9.17, 15) is 14.4 Å². The smallest absolute Gasteiger partial charge is 0.342 e. The Morgan fingerprint density at radius 3 is 2.35 bits per heavy atom. The monoisotopic (exact) mass is 486 g/mol. The lowest BCUT2D eigenvalue weighted by Crippen LogP contribution is -2.70. The summed E-state index contributed by atoms with van der Waals surface area (Å²) in [6.07, 6.45) is 1.57. The molecule has 0 radical (unpaired) electrons. The van der Waals surface area contributed by atoms with Crippen molar-refractivity contribution in [3.05, 3.63) is 69.8 Å². The Morgan fingerprint density at radius 2 is 1.74 bits per heavy atom. The van der Waals surface area contributed by atoms with Crippen molar-refractivity contribution in [2.45, 2.75) is 12.0 Å². The summed E-state index contributed by atoms with van der Waals surface area (Å²) >= 11 is 3.46. The van der Waals surface area contributed by atoms with Gasteiger partial charge in [0, 0.05) is 30.6 Å². The molecule has 0 saturated carbocycles. The molecule has 2 aromatic carbocycles. The number of hydrogen-bond donors (Lipinski definition) is 0. The quantitative estimate of drug-likeness (QED) is 0.369. The summed E-state index contributed by atoms with van der Waals surface area (Å²) in [6.45, 7) is 0. The Morgan fingerprint density at radius 1 is 1.06 bits per heavy atom. The number of benzene rings is 2. The Kier molecular flexibility index (Phi) is 6.50. The second-order valence-electron chi connectivity index (χ2n) is 7.13. The molecule has 0 N–H and O–H groups in total. The van der Waals surface area contributed by atoms with E-state index in [0.717, 1.165) is 5.56 Å². The molecule has 162 valence electrons. The van der Waals surface area contributed by atoms with Gasteiger partial charge in [-0.2, -0.15) is 0 Å². The van der Waals surface area contributed by atoms with Crippen LogP contribution in [-0.4, -0.2) is 61.4 Å². The Hall–Kier alpha value is -3.13. The summed E-state index contributed by atoms with van der Waals surface area (Å²) in [6, 6.07) is 14.4. The van der Waals surface area contributed by atoms with Crippen LogP contribution in [0.15, 0.2) is 58.7 Å². The topological polar surface area (TPSA) is 76.1 Å². The number of amides is 2. The molecule has 8 heteroatoms. The van der Waals surface area contributed by atoms with Gasteiger partial charge in [-0.15, -0.1) is 0 Å². The zero-order valence-corrected chi connectivity index (χ0v) is 19.3. The average Bonchev–Trinajstić information content (AvgIpc) is 2.79. The highest BCUT2D eigenvalue weighted by molar-refractivity contribution is 9.10. The van der Waals surface area contributed by atoms with Crippen LogP contribution in [0.5, 0.6) is 5.75 Å². The fourth-order valence-corrected chi connectivity index (χ4v) is 4.16. The minimum Gasteiger partial charge on any atom is -0.496 e. The molecule has 1 unspecified atom stereocenters. The van der Waals surface area contributed by atoms with E-state index in [1.54, 1.807) is 30.3 Å². The maximum absolute atomic E-state index is 13.6. The van der Waals surface area contributed by atoms with E-state index >= 15 is 0 Å². The van der Waals surface area contributed by atoms with Gasteiger partial charge in [-0.1, -0.05) is 52.3 Å². The Balaban J connectivity index is 2.13. The van der Waals surface area contributed by atoms with Gasteiger partial charge in [0.25, 0.3) is 11.8 Å². The van der Waals surface area contributed by atoms with Crippen LogP contribution >= 0.6 is 15.9 Å². The number of esters is 1. The number of carbonyl (C=O) groups excluding carboxylic acids is 3. The normalized spacial score (nSPS) is 20.2. The van der Waals surface area contributed by atoms with Crippen molar-refractivity contribution < 1.29 is 23.9 Å². The number of likely N-dealkylation sites (N-methyl/N-ethyl adjacent to an activating group) is 2. The van der Waals surface area contributed by atoms with E-state index in [0.29, 0.717) is 15.8 Å². The third-order valence-corrected chi connectivity index (χ3v) is 6.15. The minimum absolute atomic E-state index is 0.00242. The lowest BCUT2D eigenvalue weighted by Gasteiger charge is -2.45. The summed E-state index contributed by atoms with van der Waals surface area (Å²) < 4.78 is 11.1. The van der Waals surface area contributed by atoms with E-state index < -0.39 is 23.3 Å². The van der Waals surface area contributed by atoms with Gasteiger partial charge in [0.2, 0.25) is 5.54 Å². The summed E-state index contributed by atoms with van der Waals surface area (Å²) in [5.74, 6) is -1.29. The second-order valence-corrected chi connectivity index (χ2v) is 7.98. The van der Waals surface area contributed by atoms with Crippen LogP contribution in [-0.2, 0) is 25.5 Å². The molecule has 0 aromatic heterocycles. The van der Waals surface area contributed by atoms with Gasteiger partial charge < -0.3 is 19.3 Å². The highest BCUT2D eigenvalue weighted by Crippen LogP contribution is 2.35. The Bertz CT molecular complexity index is 1050. The van der Waals surface area contributed by atoms with Crippen molar-refractivity contribution >= 4 is 39.8 Å². The molecule has 1 aliphatic heterocycles. The van der Waals surface area contributed by atoms with E-state index in [2.05, 4.69) is 15.9 Å². The zero-order valence-electron chi connectivity index (χ0n) is 17.7. The fraction of sp³-hybridized carbons (Fsp3) is 0.261. The predicted molar refractivity (Wildman–Crippen MR) is 119 cm³/mol. The van der Waals surface area contributed by atoms with Crippen molar-refractivity contribution in [1.29, 1.82) is 0 Å². The summed E-state index contributed by atoms with van der Waals surface area (Å²) in [5.41, 5.74) is -0.355. The molecular weight excluding hydrogens is 464 g/mol. The third-order valence-electron chi connectivity index (χ3n) is 5.46. The van der Waals surface area contributed by atoms with Gasteiger partial charge in [0.15, 0.2) is 0 Å². The van der Waals surface area contributed by atoms with Crippen LogP contribution in [0.4, 0.5) is 0 Å². The van der Waals surface area contributed by atoms with Gasteiger partial charge in [-0.25, -0.2) is 4.79 Å². The number of ether oxygens (including phenoxy) is 2. The first-order valence-corrected chi connectivity index (χ1v) is 10.3. The first kappa shape index (κ1) is 22.6. The molecular formula is C23H23BrN2O5. The van der Waals surface area contributed by atoms with Gasteiger partial charge in [-0.3, -0.25) is 9.59 Å². The maximum Gasteiger partial charge on any atom is 0.342 e. The SMILES string of the molecule is COC(=O)C1(Cc2ccccc2)C(=O)N(C)/C(=C\c2c(Br)cccc2OC)C(=O)N1C. The molecule has 1 saturated heterocycles. The van der Waals surface area contributed by atoms with Crippen LogP contribution in [0.1, 0.15) is 11.1 Å². The zero-order chi connectivity index (χ0) is 22.8. The minimum atomic E-state index is -1.81. The standard InChI is InChI=1S/C23H23BrN2O5/c1-25-18(13-16-17(24)11-8-12-19(16)30-3)20(27)26(2)23(21(25)28,22(29)31-4)14-15-9-6-5-7-10-15/h5-13H,14H2,1-4H3/b18-13-. The summed E-state index contributed by atoms with van der Waals surface area (Å²) in [7, 11) is 5.65. The van der Waals surface area contributed by atoms with Gasteiger partial charge in [-0.05, 0) is 23.8 Å². The third kappa shape index (κ3) is 3.83. The Labute approximate surface area is 189 Å². The molecule has 0 spiro atoms. The molecule has 1 aliphatic rings. The summed E-state index contributed by atoms with van der Waals surface area (Å²) in [4.78, 5) is 42.3. The first-order chi connectivity index (χ1) is 14.8. The number of methoxy groups -OCH3 is 2. The number of halogens is 1. The second kappa shape index (κ2) is 8.93. The lowest BCUT2D eigenvalue weighted by molar-refractivity contribution is -0.172. The molecule has 31 heavy (non-hydrogen) atoms. The molecule has 3 rings (SSSR count). The number of piperazine rings is 1. The molecule has 0 aliphatic carbocycles. The number of nitrogens with zero attached hydrogens (tertiary/aromatic N) is 2. The molecule has 7 nitrogen and oxygen atoms in total. The average molecular weight is 487 g/mol. The summed E-state index contributed by atoms with van der Waals surface area (Å²) in [5, 5.41) is 0. The molecule has 2 amide bonds. The van der Waals surface area contributed by atoms with E-state index in [1.165, 1.54) is 38.1 Å². The van der Waals surface area contributed by atoms with Crippen LogP contribution in [0, 0.1) is 0 Å². The number of rotatable bonds is 5. The molecule has 1 fully saturated rings. The first-order valence-electron chi connectivity index (χ1n) is 9.50. The van der Waals surface area contributed by atoms with Gasteiger partial charge in [0.1, 0.15) is 11.4 Å². The van der Waals surface area contributed by atoms with Gasteiger partial charge in [0.05, 0.1) is 14.2 Å². The van der Waals surface area contributed by atoms with E-state index in [-0.39, 0.29) is 12.1 Å². The fourth-order valence-electron chi connectivity index (χ4n) is 3.70. The van der Waals surface area contributed by atoms with Crippen molar-refractivity contribution in [3.63, 3.8) is 0 Å². The largest absolute Gasteiger partial charge is 0.496 e. The number of hydrogen-bond acceptors (Lipinski definition) is 5. The highest BCUT2D eigenvalue weighted by atomic mass is 79.9. The van der Waals surface area contributed by atoms with Crippen molar-refractivity contribution in [2.24, 2.45) is 0 Å². The van der Waals surface area contributed by atoms with E-state index in [4.69, 9.17) is 9.47 Å². The molecule has 1 heterocycles. The van der Waals surface area contributed by atoms with Crippen LogP contribution in [0.3, 0.4) is 0 Å². The van der Waals surface area contributed by atoms with Crippen molar-refractivity contribution in [3.8, 4) is 5.75 Å². The van der Waals surface area contributed by atoms with Crippen LogP contribution in [0.2, 0.25) is 0 Å². The van der Waals surface area contributed by atoms with Gasteiger partial charge >= 0.3 is 5.97 Å². The van der Waals surface area contributed by atoms with E-state index in [1.807, 2.05) is 24.3 Å². The van der Waals surface area contributed by atoms with Crippen molar-refractivity contribution in [2.75, 3.05) is 28.3 Å². The van der Waals surface area contributed by atoms with Crippen LogP contribution in [0.25, 0.3) is 6.08 Å². The molecule has 2 aromatic rings. The van der Waals surface area contributed by atoms with Crippen molar-refractivity contribution in [1.82, 2.24) is 9.80 Å². The lowest BCUT2D eigenvalue weighted by atomic mass is 9.85. The number of carbonyl (C=O) groups is 3. The maximum atomic E-state index is 13.6. The van der Waals surface area contributed by atoms with Crippen LogP contribution < -0.4 is 4.74 Å². The molecule has 1 atom stereocenters. The highest BCUT2D eigenvalue weighted by Gasteiger charge is 2.58. The molecule has 0 bridgehead atoms.